The molecule has 176 valence electrons. The smallest absolute Gasteiger partial charge is 0.199 e. The summed E-state index contributed by atoms with van der Waals surface area (Å²) in [6.07, 6.45) is -1.95. The highest BCUT2D eigenvalue weighted by Crippen LogP contribution is 2.47. The van der Waals surface area contributed by atoms with Gasteiger partial charge in [-0.05, 0) is 48.5 Å². The number of anilines is 2. The van der Waals surface area contributed by atoms with Crippen LogP contribution in [0, 0.1) is 0 Å². The molecule has 0 aliphatic carbocycles. The second-order valence-corrected chi connectivity index (χ2v) is 8.52. The Labute approximate surface area is 196 Å². The topological polar surface area (TPSA) is 121 Å². The minimum absolute atomic E-state index is 0.241. The van der Waals surface area contributed by atoms with Crippen LogP contribution in [0.15, 0.2) is 42.5 Å². The summed E-state index contributed by atoms with van der Waals surface area (Å²) in [4.78, 5) is 3.34. The zero-order valence-electron chi connectivity index (χ0n) is 18.8. The maximum atomic E-state index is 11.8. The van der Waals surface area contributed by atoms with E-state index in [9.17, 15) is 5.11 Å². The number of rotatable bonds is 7. The van der Waals surface area contributed by atoms with Crippen molar-refractivity contribution in [1.29, 1.82) is 0 Å². The highest BCUT2D eigenvalue weighted by molar-refractivity contribution is 6.30. The second-order valence-electron chi connectivity index (χ2n) is 8.08. The predicted octanol–water partition coefficient (Wildman–Crippen LogP) is 2.32. The third-order valence-electron chi connectivity index (χ3n) is 5.80. The first kappa shape index (κ1) is 23.2. The number of nitrogen functional groups attached to an aromatic ring is 1. The van der Waals surface area contributed by atoms with E-state index < -0.39 is 24.0 Å². The Kier molecular flexibility index (Phi) is 6.44. The molecule has 0 bridgehead atoms. The van der Waals surface area contributed by atoms with Crippen molar-refractivity contribution >= 4 is 23.0 Å². The third-order valence-corrected chi connectivity index (χ3v) is 6.04. The van der Waals surface area contributed by atoms with Crippen LogP contribution in [-0.4, -0.2) is 57.5 Å². The average Bonchev–Trinajstić information content (AvgIpc) is 3.19. The summed E-state index contributed by atoms with van der Waals surface area (Å²) in [6, 6.07) is 12.0. The van der Waals surface area contributed by atoms with E-state index in [0.29, 0.717) is 27.8 Å². The molecule has 3 atom stereocenters. The molecule has 11 heteroatoms. The van der Waals surface area contributed by atoms with Gasteiger partial charge in [0.2, 0.25) is 0 Å². The summed E-state index contributed by atoms with van der Waals surface area (Å²) in [6.45, 7) is 1.99. The number of nitrogens with two attached hydrogens (primary N) is 1. The van der Waals surface area contributed by atoms with Gasteiger partial charge in [-0.3, -0.25) is 0 Å². The second kappa shape index (κ2) is 9.14. The van der Waals surface area contributed by atoms with Gasteiger partial charge >= 0.3 is 0 Å². The van der Waals surface area contributed by atoms with Crippen molar-refractivity contribution < 1.29 is 19.3 Å². The molecule has 0 saturated heterocycles. The van der Waals surface area contributed by atoms with E-state index >= 15 is 0 Å². The van der Waals surface area contributed by atoms with Crippen LogP contribution in [0.1, 0.15) is 24.4 Å². The number of hydrogen-bond donors (Lipinski definition) is 2. The van der Waals surface area contributed by atoms with Gasteiger partial charge in [-0.2, -0.15) is 4.80 Å². The maximum absolute atomic E-state index is 11.8. The van der Waals surface area contributed by atoms with Gasteiger partial charge in [0.15, 0.2) is 17.7 Å². The van der Waals surface area contributed by atoms with E-state index in [-0.39, 0.29) is 6.54 Å². The number of aromatic nitrogens is 4. The molecule has 0 fully saturated rings. The number of aryl methyl sites for hydroxylation is 1. The Hall–Kier alpha value is -2.92. The largest absolute Gasteiger partial charge is 0.479 e. The van der Waals surface area contributed by atoms with E-state index in [1.165, 1.54) is 19.0 Å². The van der Waals surface area contributed by atoms with Crippen LogP contribution < -0.4 is 15.4 Å². The zero-order valence-corrected chi connectivity index (χ0v) is 19.6. The number of nitrogens with zero attached hydrogens (tertiary/aromatic N) is 5. The summed E-state index contributed by atoms with van der Waals surface area (Å²) in [5.41, 5.74) is 6.87. The Morgan fingerprint density at radius 1 is 1.27 bits per heavy atom. The van der Waals surface area contributed by atoms with Gasteiger partial charge < -0.3 is 30.0 Å². The first-order valence-corrected chi connectivity index (χ1v) is 10.7. The summed E-state index contributed by atoms with van der Waals surface area (Å²) in [5.74, 6) is 1.03. The molecule has 33 heavy (non-hydrogen) atoms. The lowest BCUT2D eigenvalue weighted by molar-refractivity contribution is -0.237. The predicted molar refractivity (Wildman–Crippen MR) is 123 cm³/mol. The van der Waals surface area contributed by atoms with E-state index in [2.05, 4.69) is 15.4 Å². The fraction of sp³-hybridized carbons (Fsp3) is 0.409. The highest BCUT2D eigenvalue weighted by atomic mass is 35.5. The lowest BCUT2D eigenvalue weighted by atomic mass is 9.83. The quantitative estimate of drug-likeness (QED) is 0.392. The van der Waals surface area contributed by atoms with Crippen LogP contribution in [0.3, 0.4) is 0 Å². The van der Waals surface area contributed by atoms with Gasteiger partial charge in [-0.1, -0.05) is 17.7 Å². The van der Waals surface area contributed by atoms with Crippen LogP contribution in [0.4, 0.5) is 11.4 Å². The van der Waals surface area contributed by atoms with E-state index in [4.69, 9.17) is 31.5 Å². The van der Waals surface area contributed by atoms with Gasteiger partial charge in [0.1, 0.15) is 11.9 Å². The van der Waals surface area contributed by atoms with Gasteiger partial charge in [-0.25, -0.2) is 0 Å². The Bertz CT molecular complexity index is 1120. The molecule has 10 nitrogen and oxygen atoms in total. The maximum Gasteiger partial charge on any atom is 0.199 e. The SMILES string of the molecule is COC(OC)[C@@]1(C)Oc2ccc(N)cc2[C@@H](N(Cc2nnn(C)n2)c2cccc(Cl)c2)[C@@H]1O. The number of aliphatic hydroxyl groups excluding tert-OH is 1. The van der Waals surface area contributed by atoms with Crippen molar-refractivity contribution in [2.45, 2.75) is 37.5 Å². The average molecular weight is 475 g/mol. The highest BCUT2D eigenvalue weighted by Gasteiger charge is 2.54. The van der Waals surface area contributed by atoms with Crippen molar-refractivity contribution in [3.05, 3.63) is 58.9 Å². The Balaban J connectivity index is 1.90. The number of aliphatic hydroxyl groups is 1. The minimum Gasteiger partial charge on any atom is -0.479 e. The molecule has 1 aromatic heterocycles. The van der Waals surface area contributed by atoms with Crippen LogP contribution >= 0.6 is 11.6 Å². The number of hydrogen-bond acceptors (Lipinski definition) is 9. The Morgan fingerprint density at radius 3 is 2.67 bits per heavy atom. The van der Waals surface area contributed by atoms with Crippen LogP contribution in [0.2, 0.25) is 5.02 Å². The number of benzene rings is 2. The number of ether oxygens (including phenoxy) is 3. The molecule has 4 rings (SSSR count). The molecule has 0 radical (unpaired) electrons. The van der Waals surface area contributed by atoms with Gasteiger partial charge in [0.05, 0.1) is 19.6 Å². The molecule has 3 N–H and O–H groups in total. The first-order chi connectivity index (χ1) is 15.8. The lowest BCUT2D eigenvalue weighted by Crippen LogP contribution is -2.62. The first-order valence-electron chi connectivity index (χ1n) is 10.3. The standard InChI is InChI=1S/C22H27ClN6O4/c1-22(21(31-3)32-4)20(30)19(16-11-14(24)8-9-17(16)33-22)29(12-18-25-27-28(2)26-18)15-7-5-6-13(23)10-15/h5-11,19-21,30H,12,24H2,1-4H3/t19-,20+,22+/m1/s1. The monoisotopic (exact) mass is 474 g/mol. The van der Waals surface area contributed by atoms with Crippen LogP contribution in [0.25, 0.3) is 0 Å². The van der Waals surface area contributed by atoms with Gasteiger partial charge in [0, 0.05) is 36.2 Å². The van der Waals surface area contributed by atoms with Crippen molar-refractivity contribution in [2.75, 3.05) is 24.9 Å². The summed E-state index contributed by atoms with van der Waals surface area (Å²) < 4.78 is 17.3. The van der Waals surface area contributed by atoms with Gasteiger partial charge in [-0.15, -0.1) is 10.2 Å². The van der Waals surface area contributed by atoms with E-state index in [1.54, 1.807) is 38.2 Å². The molecule has 3 aromatic rings. The number of tetrazole rings is 1. The normalized spacial score (nSPS) is 22.2. The molecule has 2 heterocycles. The van der Waals surface area contributed by atoms with Crippen molar-refractivity contribution in [3.63, 3.8) is 0 Å². The Morgan fingerprint density at radius 2 is 2.03 bits per heavy atom. The van der Waals surface area contributed by atoms with Crippen molar-refractivity contribution in [2.24, 2.45) is 7.05 Å². The molecule has 0 spiro atoms. The molecule has 2 aromatic carbocycles. The fourth-order valence-corrected chi connectivity index (χ4v) is 4.49. The van der Waals surface area contributed by atoms with E-state index in [0.717, 1.165) is 5.69 Å². The van der Waals surface area contributed by atoms with Gasteiger partial charge in [0.25, 0.3) is 0 Å². The lowest BCUT2D eigenvalue weighted by Gasteiger charge is -2.49. The van der Waals surface area contributed by atoms with Crippen molar-refractivity contribution in [3.8, 4) is 5.75 Å². The molecule has 1 aliphatic heterocycles. The number of fused-ring (bicyclic) bond motifs is 1. The summed E-state index contributed by atoms with van der Waals surface area (Å²) in [5, 5.41) is 24.7. The number of halogens is 1. The summed E-state index contributed by atoms with van der Waals surface area (Å²) >= 11 is 6.33. The fourth-order valence-electron chi connectivity index (χ4n) is 4.31. The molecule has 1 aliphatic rings. The third kappa shape index (κ3) is 4.34. The zero-order chi connectivity index (χ0) is 23.8. The summed E-state index contributed by atoms with van der Waals surface area (Å²) in [7, 11) is 4.70. The molecule has 0 amide bonds. The number of methoxy groups -OCH3 is 2. The van der Waals surface area contributed by atoms with E-state index in [1.807, 2.05) is 23.1 Å². The molecular weight excluding hydrogens is 448 g/mol. The minimum atomic E-state index is -1.25. The molecule has 0 unspecified atom stereocenters. The van der Waals surface area contributed by atoms with Crippen molar-refractivity contribution in [1.82, 2.24) is 20.2 Å². The molecule has 0 saturated carbocycles. The van der Waals surface area contributed by atoms with Crippen LogP contribution in [0.5, 0.6) is 5.75 Å². The van der Waals surface area contributed by atoms with Crippen LogP contribution in [-0.2, 0) is 23.1 Å². The molecular formula is C22H27ClN6O4.